The van der Waals surface area contributed by atoms with Gasteiger partial charge in [-0.3, -0.25) is 9.59 Å². The van der Waals surface area contributed by atoms with E-state index in [1.807, 2.05) is 6.08 Å². The van der Waals surface area contributed by atoms with E-state index in [9.17, 15) is 14.4 Å². The standard InChI is InChI=1S/C17H24O4/c1-11(20)21-15-7-8-17(4)13(10-19)12(9-18)5-6-14(17)16(15,2)3/h5,9-10,13-15H,6-8H2,1-4H3/t13-,14-,15-,17+/m0/s1. The summed E-state index contributed by atoms with van der Waals surface area (Å²) in [5, 5.41) is 0. The maximum absolute atomic E-state index is 11.6. The largest absolute Gasteiger partial charge is 0.462 e. The molecule has 2 rings (SSSR count). The molecule has 1 saturated carbocycles. The van der Waals surface area contributed by atoms with Crippen LogP contribution >= 0.6 is 0 Å². The lowest BCUT2D eigenvalue weighted by molar-refractivity contribution is -0.172. The molecule has 0 N–H and O–H groups in total. The number of esters is 1. The van der Waals surface area contributed by atoms with Crippen molar-refractivity contribution in [2.75, 3.05) is 0 Å². The summed E-state index contributed by atoms with van der Waals surface area (Å²) in [6.07, 6.45) is 5.74. The molecule has 4 heteroatoms. The van der Waals surface area contributed by atoms with Gasteiger partial charge in [-0.05, 0) is 36.2 Å². The summed E-state index contributed by atoms with van der Waals surface area (Å²) in [5.41, 5.74) is 0.142. The van der Waals surface area contributed by atoms with E-state index in [0.29, 0.717) is 5.57 Å². The molecular formula is C17H24O4. The summed E-state index contributed by atoms with van der Waals surface area (Å²) in [6.45, 7) is 7.73. The number of hydrogen-bond acceptors (Lipinski definition) is 4. The van der Waals surface area contributed by atoms with Crippen LogP contribution in [-0.4, -0.2) is 24.6 Å². The van der Waals surface area contributed by atoms with Crippen molar-refractivity contribution in [3.05, 3.63) is 11.6 Å². The molecule has 0 bridgehead atoms. The zero-order valence-corrected chi connectivity index (χ0v) is 13.2. The molecule has 0 aromatic heterocycles. The molecule has 0 spiro atoms. The molecular weight excluding hydrogens is 268 g/mol. The number of rotatable bonds is 3. The van der Waals surface area contributed by atoms with Crippen molar-refractivity contribution in [3.8, 4) is 0 Å². The van der Waals surface area contributed by atoms with Crippen LogP contribution in [0.15, 0.2) is 11.6 Å². The Bertz CT molecular complexity index is 491. The molecule has 0 heterocycles. The molecule has 4 nitrogen and oxygen atoms in total. The summed E-state index contributed by atoms with van der Waals surface area (Å²) >= 11 is 0. The Morgan fingerprint density at radius 1 is 1.33 bits per heavy atom. The fourth-order valence-corrected chi connectivity index (χ4v) is 4.54. The monoisotopic (exact) mass is 292 g/mol. The lowest BCUT2D eigenvalue weighted by Crippen LogP contribution is -2.55. The van der Waals surface area contributed by atoms with Crippen molar-refractivity contribution < 1.29 is 19.1 Å². The van der Waals surface area contributed by atoms with E-state index in [0.717, 1.165) is 31.8 Å². The van der Waals surface area contributed by atoms with E-state index in [-0.39, 0.29) is 34.7 Å². The quantitative estimate of drug-likeness (QED) is 0.593. The molecule has 116 valence electrons. The molecule has 0 aromatic rings. The van der Waals surface area contributed by atoms with Crippen LogP contribution in [0.4, 0.5) is 0 Å². The van der Waals surface area contributed by atoms with Gasteiger partial charge >= 0.3 is 5.97 Å². The van der Waals surface area contributed by atoms with Crippen LogP contribution in [0.5, 0.6) is 0 Å². The molecule has 0 radical (unpaired) electrons. The summed E-state index contributed by atoms with van der Waals surface area (Å²) in [5.74, 6) is -0.406. The first kappa shape index (κ1) is 15.9. The van der Waals surface area contributed by atoms with Crippen molar-refractivity contribution in [3.63, 3.8) is 0 Å². The Labute approximate surface area is 125 Å². The lowest BCUT2D eigenvalue weighted by Gasteiger charge is -2.57. The van der Waals surface area contributed by atoms with Crippen LogP contribution in [-0.2, 0) is 19.1 Å². The van der Waals surface area contributed by atoms with Crippen LogP contribution in [0.1, 0.15) is 47.0 Å². The summed E-state index contributed by atoms with van der Waals surface area (Å²) in [4.78, 5) is 34.1. The van der Waals surface area contributed by atoms with Gasteiger partial charge in [0.15, 0.2) is 0 Å². The van der Waals surface area contributed by atoms with Crippen molar-refractivity contribution in [1.29, 1.82) is 0 Å². The third-order valence-corrected chi connectivity index (χ3v) is 5.71. The van der Waals surface area contributed by atoms with Gasteiger partial charge in [-0.25, -0.2) is 0 Å². The minimum absolute atomic E-state index is 0.133. The van der Waals surface area contributed by atoms with E-state index in [1.54, 1.807) is 0 Å². The highest BCUT2D eigenvalue weighted by atomic mass is 16.5. The minimum Gasteiger partial charge on any atom is -0.462 e. The highest BCUT2D eigenvalue weighted by molar-refractivity contribution is 5.82. The van der Waals surface area contributed by atoms with Crippen LogP contribution in [0.3, 0.4) is 0 Å². The average molecular weight is 292 g/mol. The van der Waals surface area contributed by atoms with Crippen LogP contribution in [0, 0.1) is 22.7 Å². The van der Waals surface area contributed by atoms with Crippen LogP contribution in [0.25, 0.3) is 0 Å². The second-order valence-electron chi connectivity index (χ2n) is 7.19. The summed E-state index contributed by atoms with van der Waals surface area (Å²) in [7, 11) is 0. The normalized spacial score (nSPS) is 37.9. The number of ether oxygens (including phenoxy) is 1. The van der Waals surface area contributed by atoms with Crippen LogP contribution in [0.2, 0.25) is 0 Å². The Hall–Kier alpha value is -1.45. The van der Waals surface area contributed by atoms with E-state index < -0.39 is 0 Å². The van der Waals surface area contributed by atoms with Gasteiger partial charge in [0.1, 0.15) is 18.7 Å². The first-order chi connectivity index (χ1) is 9.77. The second kappa shape index (κ2) is 5.39. The van der Waals surface area contributed by atoms with Gasteiger partial charge in [-0.1, -0.05) is 26.8 Å². The Kier molecular flexibility index (Phi) is 4.09. The third kappa shape index (κ3) is 2.45. The number of aldehydes is 2. The predicted molar refractivity (Wildman–Crippen MR) is 78.5 cm³/mol. The predicted octanol–water partition coefficient (Wildman–Crippen LogP) is 2.70. The fraction of sp³-hybridized carbons (Fsp3) is 0.706. The zero-order valence-electron chi connectivity index (χ0n) is 13.2. The molecule has 0 aromatic carbocycles. The highest BCUT2D eigenvalue weighted by Gasteiger charge is 2.56. The van der Waals surface area contributed by atoms with Gasteiger partial charge in [0, 0.05) is 18.3 Å². The van der Waals surface area contributed by atoms with E-state index in [2.05, 4.69) is 20.8 Å². The van der Waals surface area contributed by atoms with Crippen LogP contribution < -0.4 is 0 Å². The summed E-state index contributed by atoms with van der Waals surface area (Å²) in [6, 6.07) is 0. The zero-order chi connectivity index (χ0) is 15.8. The van der Waals surface area contributed by atoms with E-state index >= 15 is 0 Å². The molecule has 21 heavy (non-hydrogen) atoms. The number of carbonyl (C=O) groups excluding carboxylic acids is 3. The first-order valence-electron chi connectivity index (χ1n) is 7.55. The molecule has 2 aliphatic carbocycles. The minimum atomic E-state index is -0.355. The number of carbonyl (C=O) groups is 3. The lowest BCUT2D eigenvalue weighted by atomic mass is 9.48. The summed E-state index contributed by atoms with van der Waals surface area (Å²) < 4.78 is 5.51. The Morgan fingerprint density at radius 2 is 2.00 bits per heavy atom. The van der Waals surface area contributed by atoms with Crippen molar-refractivity contribution >= 4 is 18.5 Å². The Balaban J connectivity index is 2.40. The molecule has 0 aliphatic heterocycles. The van der Waals surface area contributed by atoms with Gasteiger partial charge in [0.2, 0.25) is 0 Å². The maximum atomic E-state index is 11.6. The van der Waals surface area contributed by atoms with Crippen molar-refractivity contribution in [2.45, 2.75) is 53.1 Å². The third-order valence-electron chi connectivity index (χ3n) is 5.71. The maximum Gasteiger partial charge on any atom is 0.302 e. The van der Waals surface area contributed by atoms with Gasteiger partial charge < -0.3 is 9.53 Å². The smallest absolute Gasteiger partial charge is 0.302 e. The number of allylic oxidation sites excluding steroid dienone is 2. The van der Waals surface area contributed by atoms with E-state index in [1.165, 1.54) is 6.92 Å². The average Bonchev–Trinajstić information content (AvgIpc) is 2.40. The fourth-order valence-electron chi connectivity index (χ4n) is 4.54. The highest BCUT2D eigenvalue weighted by Crippen LogP contribution is 2.59. The molecule has 2 aliphatic rings. The van der Waals surface area contributed by atoms with Gasteiger partial charge in [0.05, 0.1) is 0 Å². The molecule has 0 unspecified atom stereocenters. The van der Waals surface area contributed by atoms with Crippen molar-refractivity contribution in [2.24, 2.45) is 22.7 Å². The van der Waals surface area contributed by atoms with Gasteiger partial charge in [-0.2, -0.15) is 0 Å². The second-order valence-corrected chi connectivity index (χ2v) is 7.19. The van der Waals surface area contributed by atoms with E-state index in [4.69, 9.17) is 4.74 Å². The SMILES string of the molecule is CC(=O)O[C@H]1CC[C@]2(C)[C@@H](C=O)C(C=O)=CC[C@H]2C1(C)C. The molecule has 0 saturated heterocycles. The first-order valence-corrected chi connectivity index (χ1v) is 7.55. The van der Waals surface area contributed by atoms with Crippen molar-refractivity contribution in [1.82, 2.24) is 0 Å². The number of fused-ring (bicyclic) bond motifs is 1. The topological polar surface area (TPSA) is 60.4 Å². The molecule has 4 atom stereocenters. The Morgan fingerprint density at radius 3 is 2.52 bits per heavy atom. The molecule has 0 amide bonds. The van der Waals surface area contributed by atoms with Gasteiger partial charge in [-0.15, -0.1) is 0 Å². The number of hydrogen-bond donors (Lipinski definition) is 0. The van der Waals surface area contributed by atoms with Gasteiger partial charge in [0.25, 0.3) is 0 Å². The molecule has 1 fully saturated rings.